The molecule has 0 radical (unpaired) electrons. The van der Waals surface area contributed by atoms with Gasteiger partial charge in [-0.2, -0.15) is 5.26 Å². The van der Waals surface area contributed by atoms with Crippen molar-refractivity contribution in [1.29, 1.82) is 5.26 Å². The molecule has 1 nitrogen and oxygen atoms in total. The molecule has 1 rings (SSSR count). The quantitative estimate of drug-likeness (QED) is 0.600. The van der Waals surface area contributed by atoms with Crippen molar-refractivity contribution in [1.82, 2.24) is 0 Å². The molecule has 0 saturated heterocycles. The summed E-state index contributed by atoms with van der Waals surface area (Å²) in [4.78, 5) is 1.15. The molecule has 0 bridgehead atoms. The van der Waals surface area contributed by atoms with E-state index in [1.165, 1.54) is 0 Å². The molecule has 0 aromatic heterocycles. The Morgan fingerprint density at radius 3 is 2.64 bits per heavy atom. The highest BCUT2D eigenvalue weighted by atomic mass is 79.9. The smallest absolute Gasteiger partial charge is 0.0952 e. The first-order valence-corrected chi connectivity index (χ1v) is 5.95. The Labute approximate surface area is 96.9 Å². The van der Waals surface area contributed by atoms with Crippen LogP contribution in [0, 0.1) is 11.3 Å². The van der Waals surface area contributed by atoms with Crippen LogP contribution < -0.4 is 0 Å². The maximum atomic E-state index is 8.71. The highest BCUT2D eigenvalue weighted by Gasteiger charge is 1.93. The van der Waals surface area contributed by atoms with Crippen LogP contribution in [-0.4, -0.2) is 0 Å². The minimum Gasteiger partial charge on any atom is -0.193 e. The third kappa shape index (κ3) is 3.57. The van der Waals surface area contributed by atoms with Crippen molar-refractivity contribution in [3.8, 4) is 6.07 Å². The first-order valence-electron chi connectivity index (χ1n) is 4.27. The van der Waals surface area contributed by atoms with Crippen LogP contribution >= 0.6 is 27.7 Å². The van der Waals surface area contributed by atoms with Gasteiger partial charge >= 0.3 is 0 Å². The fourth-order valence-corrected chi connectivity index (χ4v) is 1.90. The van der Waals surface area contributed by atoms with E-state index in [4.69, 9.17) is 5.26 Å². The van der Waals surface area contributed by atoms with Gasteiger partial charge in [0.05, 0.1) is 6.07 Å². The van der Waals surface area contributed by atoms with Crippen molar-refractivity contribution in [2.45, 2.75) is 18.2 Å². The van der Waals surface area contributed by atoms with Crippen LogP contribution in [0.5, 0.6) is 0 Å². The van der Waals surface area contributed by atoms with Crippen molar-refractivity contribution in [2.75, 3.05) is 0 Å². The fourth-order valence-electron chi connectivity index (χ4n) is 0.841. The molecule has 0 spiro atoms. The summed E-state index contributed by atoms with van der Waals surface area (Å²) in [5.41, 5.74) is 0.818. The van der Waals surface area contributed by atoms with Crippen LogP contribution in [0.1, 0.15) is 13.3 Å². The van der Waals surface area contributed by atoms with Crippen molar-refractivity contribution in [3.63, 3.8) is 0 Å². The molecule has 0 aliphatic rings. The van der Waals surface area contributed by atoms with Crippen LogP contribution in [0.4, 0.5) is 0 Å². The van der Waals surface area contributed by atoms with Crippen LogP contribution in [0.25, 0.3) is 0 Å². The molecule has 0 heterocycles. The van der Waals surface area contributed by atoms with E-state index in [2.05, 4.69) is 22.0 Å². The Morgan fingerprint density at radius 1 is 1.50 bits per heavy atom. The molecule has 3 heteroatoms. The molecule has 0 unspecified atom stereocenters. The number of benzene rings is 1. The lowest BCUT2D eigenvalue weighted by Gasteiger charge is -1.96. The van der Waals surface area contributed by atoms with Crippen LogP contribution in [0.15, 0.2) is 44.6 Å². The van der Waals surface area contributed by atoms with Gasteiger partial charge in [0.15, 0.2) is 0 Å². The topological polar surface area (TPSA) is 23.8 Å². The lowest BCUT2D eigenvalue weighted by atomic mass is 10.3. The van der Waals surface area contributed by atoms with Crippen LogP contribution in [-0.2, 0) is 0 Å². The summed E-state index contributed by atoms with van der Waals surface area (Å²) in [6.45, 7) is 1.98. The average molecular weight is 268 g/mol. The Hall–Kier alpha value is -0.720. The normalized spacial score (nSPS) is 11.1. The second-order valence-corrected chi connectivity index (χ2v) is 4.54. The third-order valence-electron chi connectivity index (χ3n) is 1.68. The largest absolute Gasteiger partial charge is 0.193 e. The predicted molar refractivity (Wildman–Crippen MR) is 64.0 cm³/mol. The van der Waals surface area contributed by atoms with Gasteiger partial charge in [0.1, 0.15) is 0 Å². The van der Waals surface area contributed by atoms with E-state index in [0.29, 0.717) is 0 Å². The van der Waals surface area contributed by atoms with Crippen molar-refractivity contribution in [2.24, 2.45) is 0 Å². The Kier molecular flexibility index (Phi) is 4.78. The van der Waals surface area contributed by atoms with E-state index in [9.17, 15) is 0 Å². The monoisotopic (exact) mass is 267 g/mol. The summed E-state index contributed by atoms with van der Waals surface area (Å²) >= 11 is 4.96. The highest BCUT2D eigenvalue weighted by Crippen LogP contribution is 2.23. The van der Waals surface area contributed by atoms with Gasteiger partial charge in [0.25, 0.3) is 0 Å². The summed E-state index contributed by atoms with van der Waals surface area (Å²) < 4.78 is 1.07. The molecule has 0 N–H and O–H groups in total. The maximum Gasteiger partial charge on any atom is 0.0952 e. The summed E-state index contributed by atoms with van der Waals surface area (Å²) in [6.07, 6.45) is 0.792. The third-order valence-corrected chi connectivity index (χ3v) is 3.15. The molecule has 1 aromatic rings. The zero-order valence-corrected chi connectivity index (χ0v) is 10.2. The van der Waals surface area contributed by atoms with Crippen LogP contribution in [0.2, 0.25) is 0 Å². The molecule has 0 saturated carbocycles. The fraction of sp³-hybridized carbons (Fsp3) is 0.182. The van der Waals surface area contributed by atoms with Gasteiger partial charge in [-0.1, -0.05) is 34.6 Å². The Bertz CT molecular complexity index is 362. The van der Waals surface area contributed by atoms with Gasteiger partial charge < -0.3 is 0 Å². The minimum absolute atomic E-state index is 0.792. The predicted octanol–water partition coefficient (Wildman–Crippen LogP) is 4.36. The molecule has 0 aliphatic carbocycles. The molecule has 72 valence electrons. The van der Waals surface area contributed by atoms with E-state index in [1.807, 2.05) is 36.6 Å². The molecular weight excluding hydrogens is 258 g/mol. The van der Waals surface area contributed by atoms with E-state index in [0.717, 1.165) is 21.4 Å². The van der Waals surface area contributed by atoms with Crippen molar-refractivity contribution >= 4 is 27.7 Å². The number of hydrogen-bond acceptors (Lipinski definition) is 2. The number of hydrogen-bond donors (Lipinski definition) is 0. The van der Waals surface area contributed by atoms with Crippen molar-refractivity contribution < 1.29 is 0 Å². The van der Waals surface area contributed by atoms with Gasteiger partial charge in [-0.3, -0.25) is 0 Å². The SMILES string of the molecule is CCC(C#N)=CSc1ccc(Br)cc1. The van der Waals surface area contributed by atoms with E-state index < -0.39 is 0 Å². The minimum atomic E-state index is 0.792. The molecule has 1 aromatic carbocycles. The first-order chi connectivity index (χ1) is 6.76. The molecule has 14 heavy (non-hydrogen) atoms. The zero-order valence-electron chi connectivity index (χ0n) is 7.83. The number of thioether (sulfide) groups is 1. The Balaban J connectivity index is 2.66. The summed E-state index contributed by atoms with van der Waals surface area (Å²) in [6, 6.07) is 10.2. The van der Waals surface area contributed by atoms with Gasteiger partial charge in [0.2, 0.25) is 0 Å². The molecule has 0 fully saturated rings. The van der Waals surface area contributed by atoms with Gasteiger partial charge in [0, 0.05) is 14.9 Å². The summed E-state index contributed by atoms with van der Waals surface area (Å²) in [5, 5.41) is 10.6. The first kappa shape index (κ1) is 11.4. The molecular formula is C11H10BrNS. The summed E-state index contributed by atoms with van der Waals surface area (Å²) in [5.74, 6) is 0. The second-order valence-electron chi connectivity index (χ2n) is 2.68. The van der Waals surface area contributed by atoms with E-state index >= 15 is 0 Å². The summed E-state index contributed by atoms with van der Waals surface area (Å²) in [7, 11) is 0. The van der Waals surface area contributed by atoms with E-state index in [1.54, 1.807) is 11.8 Å². The number of allylic oxidation sites excluding steroid dienone is 1. The van der Waals surface area contributed by atoms with Gasteiger partial charge in [-0.05, 0) is 36.1 Å². The number of nitriles is 1. The van der Waals surface area contributed by atoms with Gasteiger partial charge in [-0.25, -0.2) is 0 Å². The van der Waals surface area contributed by atoms with Crippen molar-refractivity contribution in [3.05, 3.63) is 39.7 Å². The number of halogens is 1. The lowest BCUT2D eigenvalue weighted by Crippen LogP contribution is -1.73. The standard InChI is InChI=1S/C11H10BrNS/c1-2-9(7-13)8-14-11-5-3-10(12)4-6-11/h3-6,8H,2H2,1H3. The average Bonchev–Trinajstić information content (AvgIpc) is 2.22. The second kappa shape index (κ2) is 5.90. The molecule has 0 amide bonds. The highest BCUT2D eigenvalue weighted by molar-refractivity contribution is 9.10. The Morgan fingerprint density at radius 2 is 2.14 bits per heavy atom. The lowest BCUT2D eigenvalue weighted by molar-refractivity contribution is 1.16. The molecule has 0 atom stereocenters. The number of rotatable bonds is 3. The van der Waals surface area contributed by atoms with E-state index in [-0.39, 0.29) is 0 Å². The van der Waals surface area contributed by atoms with Crippen LogP contribution in [0.3, 0.4) is 0 Å². The molecule has 0 aliphatic heterocycles. The number of nitrogens with zero attached hydrogens (tertiary/aromatic N) is 1. The zero-order chi connectivity index (χ0) is 10.4. The van der Waals surface area contributed by atoms with Gasteiger partial charge in [-0.15, -0.1) is 0 Å². The maximum absolute atomic E-state index is 8.71.